The molecule has 3 rings (SSSR count). The van der Waals surface area contributed by atoms with Crippen molar-refractivity contribution in [2.75, 3.05) is 19.6 Å². The number of halogens is 1. The SMILES string of the molecule is CC1CN(C(=O)c2cccn2Cc2cccs2)CCN1.Cl. The van der Waals surface area contributed by atoms with Crippen molar-refractivity contribution < 1.29 is 4.79 Å². The molecule has 1 unspecified atom stereocenters. The Hall–Kier alpha value is -1.30. The van der Waals surface area contributed by atoms with Crippen molar-refractivity contribution in [3.63, 3.8) is 0 Å². The summed E-state index contributed by atoms with van der Waals surface area (Å²) in [4.78, 5) is 15.8. The van der Waals surface area contributed by atoms with Crippen LogP contribution in [-0.2, 0) is 6.54 Å². The molecule has 6 heteroatoms. The number of piperazine rings is 1. The number of nitrogens with one attached hydrogen (secondary N) is 1. The molecule has 0 bridgehead atoms. The van der Waals surface area contributed by atoms with E-state index in [0.717, 1.165) is 31.9 Å². The number of rotatable bonds is 3. The quantitative estimate of drug-likeness (QED) is 0.941. The minimum atomic E-state index is 0. The van der Waals surface area contributed by atoms with Crippen molar-refractivity contribution >= 4 is 29.7 Å². The third kappa shape index (κ3) is 3.67. The van der Waals surface area contributed by atoms with E-state index >= 15 is 0 Å². The summed E-state index contributed by atoms with van der Waals surface area (Å²) >= 11 is 1.72. The Morgan fingerprint density at radius 1 is 1.43 bits per heavy atom. The highest BCUT2D eigenvalue weighted by atomic mass is 35.5. The maximum atomic E-state index is 12.6. The molecule has 0 aliphatic carbocycles. The Labute approximate surface area is 135 Å². The molecule has 21 heavy (non-hydrogen) atoms. The van der Waals surface area contributed by atoms with Gasteiger partial charge < -0.3 is 14.8 Å². The summed E-state index contributed by atoms with van der Waals surface area (Å²) in [6, 6.07) is 8.39. The summed E-state index contributed by atoms with van der Waals surface area (Å²) in [5.74, 6) is 0.139. The molecule has 1 aliphatic rings. The molecule has 2 aromatic heterocycles. The summed E-state index contributed by atoms with van der Waals surface area (Å²) < 4.78 is 2.04. The molecular formula is C15H20ClN3OS. The third-order valence-electron chi connectivity index (χ3n) is 3.61. The average Bonchev–Trinajstić information content (AvgIpc) is 3.10. The second-order valence-electron chi connectivity index (χ2n) is 5.21. The van der Waals surface area contributed by atoms with Crippen molar-refractivity contribution in [2.24, 2.45) is 0 Å². The number of thiophene rings is 1. The molecule has 4 nitrogen and oxygen atoms in total. The predicted octanol–water partition coefficient (Wildman–Crippen LogP) is 2.45. The lowest BCUT2D eigenvalue weighted by molar-refractivity contribution is 0.0698. The molecule has 1 saturated heterocycles. The molecule has 114 valence electrons. The summed E-state index contributed by atoms with van der Waals surface area (Å²) in [5.41, 5.74) is 0.785. The molecule has 3 heterocycles. The zero-order valence-electron chi connectivity index (χ0n) is 12.0. The second kappa shape index (κ2) is 7.11. The zero-order valence-corrected chi connectivity index (χ0v) is 13.6. The summed E-state index contributed by atoms with van der Waals surface area (Å²) in [6.07, 6.45) is 1.98. The van der Waals surface area contributed by atoms with Crippen molar-refractivity contribution in [3.05, 3.63) is 46.4 Å². The highest BCUT2D eigenvalue weighted by Gasteiger charge is 2.23. The summed E-state index contributed by atoms with van der Waals surface area (Å²) in [7, 11) is 0. The first kappa shape index (κ1) is 16.1. The van der Waals surface area contributed by atoms with E-state index in [1.54, 1.807) is 11.3 Å². The molecule has 1 fully saturated rings. The minimum Gasteiger partial charge on any atom is -0.338 e. The van der Waals surface area contributed by atoms with E-state index in [9.17, 15) is 4.79 Å². The van der Waals surface area contributed by atoms with Gasteiger partial charge in [0.2, 0.25) is 0 Å². The van der Waals surface area contributed by atoms with Crippen LogP contribution in [0.1, 0.15) is 22.3 Å². The van der Waals surface area contributed by atoms with Gasteiger partial charge in [0, 0.05) is 36.8 Å². The monoisotopic (exact) mass is 325 g/mol. The molecule has 1 N–H and O–H groups in total. The van der Waals surface area contributed by atoms with E-state index in [0.29, 0.717) is 6.04 Å². The van der Waals surface area contributed by atoms with Crippen molar-refractivity contribution in [1.82, 2.24) is 14.8 Å². The van der Waals surface area contributed by atoms with Crippen LogP contribution in [0.2, 0.25) is 0 Å². The van der Waals surface area contributed by atoms with Crippen LogP contribution in [0.15, 0.2) is 35.8 Å². The Morgan fingerprint density at radius 2 is 2.29 bits per heavy atom. The second-order valence-corrected chi connectivity index (χ2v) is 6.24. The molecule has 0 aromatic carbocycles. The Bertz CT molecular complexity index is 582. The van der Waals surface area contributed by atoms with E-state index in [-0.39, 0.29) is 18.3 Å². The van der Waals surface area contributed by atoms with Gasteiger partial charge in [0.25, 0.3) is 5.91 Å². The van der Waals surface area contributed by atoms with E-state index in [2.05, 4.69) is 23.7 Å². The van der Waals surface area contributed by atoms with Gasteiger partial charge in [-0.1, -0.05) is 6.07 Å². The van der Waals surface area contributed by atoms with E-state index in [1.165, 1.54) is 4.88 Å². The van der Waals surface area contributed by atoms with Crippen molar-refractivity contribution in [3.8, 4) is 0 Å². The van der Waals surface area contributed by atoms with Gasteiger partial charge in [-0.05, 0) is 30.5 Å². The Morgan fingerprint density at radius 3 is 3.00 bits per heavy atom. The fourth-order valence-electron chi connectivity index (χ4n) is 2.60. The lowest BCUT2D eigenvalue weighted by atomic mass is 10.2. The molecular weight excluding hydrogens is 306 g/mol. The predicted molar refractivity (Wildman–Crippen MR) is 88.5 cm³/mol. The van der Waals surface area contributed by atoms with Gasteiger partial charge in [0.1, 0.15) is 5.69 Å². The highest BCUT2D eigenvalue weighted by molar-refractivity contribution is 7.09. The lowest BCUT2D eigenvalue weighted by Gasteiger charge is -2.32. The maximum absolute atomic E-state index is 12.6. The van der Waals surface area contributed by atoms with Crippen LogP contribution >= 0.6 is 23.7 Å². The van der Waals surface area contributed by atoms with E-state index in [4.69, 9.17) is 0 Å². The standard InChI is InChI=1S/C15H19N3OS.ClH/c1-12-10-18(8-6-16-12)15(19)14-5-2-7-17(14)11-13-4-3-9-20-13;/h2-5,7,9,12,16H,6,8,10-11H2,1H3;1H. The van der Waals surface area contributed by atoms with Crippen LogP contribution in [0.4, 0.5) is 0 Å². The molecule has 2 aromatic rings. The first-order chi connectivity index (χ1) is 9.74. The van der Waals surface area contributed by atoms with E-state index in [1.807, 2.05) is 33.9 Å². The number of carbonyl (C=O) groups is 1. The van der Waals surface area contributed by atoms with Crippen molar-refractivity contribution in [2.45, 2.75) is 19.5 Å². The van der Waals surface area contributed by atoms with Crippen LogP contribution in [0.5, 0.6) is 0 Å². The van der Waals surface area contributed by atoms with Gasteiger partial charge in [-0.3, -0.25) is 4.79 Å². The first-order valence-electron chi connectivity index (χ1n) is 6.94. The normalized spacial score (nSPS) is 18.3. The van der Waals surface area contributed by atoms with Crippen LogP contribution in [0.25, 0.3) is 0 Å². The topological polar surface area (TPSA) is 37.3 Å². The smallest absolute Gasteiger partial charge is 0.270 e. The van der Waals surface area contributed by atoms with Crippen LogP contribution in [-0.4, -0.2) is 41.1 Å². The number of hydrogen-bond acceptors (Lipinski definition) is 3. The fraction of sp³-hybridized carbons (Fsp3) is 0.400. The maximum Gasteiger partial charge on any atom is 0.270 e. The van der Waals surface area contributed by atoms with Gasteiger partial charge in [-0.25, -0.2) is 0 Å². The fourth-order valence-corrected chi connectivity index (χ4v) is 3.30. The van der Waals surface area contributed by atoms with Crippen LogP contribution < -0.4 is 5.32 Å². The van der Waals surface area contributed by atoms with Crippen molar-refractivity contribution in [1.29, 1.82) is 0 Å². The Kier molecular flexibility index (Phi) is 5.45. The average molecular weight is 326 g/mol. The van der Waals surface area contributed by atoms with Gasteiger partial charge in [0.15, 0.2) is 0 Å². The highest BCUT2D eigenvalue weighted by Crippen LogP contribution is 2.15. The van der Waals surface area contributed by atoms with Gasteiger partial charge >= 0.3 is 0 Å². The first-order valence-corrected chi connectivity index (χ1v) is 7.82. The summed E-state index contributed by atoms with van der Waals surface area (Å²) in [6.45, 7) is 5.33. The number of nitrogens with zero attached hydrogens (tertiary/aromatic N) is 2. The summed E-state index contributed by atoms with van der Waals surface area (Å²) in [5, 5.41) is 5.43. The van der Waals surface area contributed by atoms with Crippen LogP contribution in [0, 0.1) is 0 Å². The number of aromatic nitrogens is 1. The minimum absolute atomic E-state index is 0. The molecule has 0 radical (unpaired) electrons. The zero-order chi connectivity index (χ0) is 13.9. The largest absolute Gasteiger partial charge is 0.338 e. The molecule has 1 amide bonds. The Balaban J connectivity index is 0.00000161. The lowest BCUT2D eigenvalue weighted by Crippen LogP contribution is -2.51. The van der Waals surface area contributed by atoms with Gasteiger partial charge in [-0.15, -0.1) is 23.7 Å². The van der Waals surface area contributed by atoms with E-state index < -0.39 is 0 Å². The molecule has 0 saturated carbocycles. The molecule has 0 spiro atoms. The van der Waals surface area contributed by atoms with Gasteiger partial charge in [0.05, 0.1) is 6.54 Å². The number of hydrogen-bond donors (Lipinski definition) is 1. The van der Waals surface area contributed by atoms with Crippen LogP contribution in [0.3, 0.4) is 0 Å². The molecule has 1 aliphatic heterocycles. The molecule has 1 atom stereocenters. The van der Waals surface area contributed by atoms with Gasteiger partial charge in [-0.2, -0.15) is 0 Å². The third-order valence-corrected chi connectivity index (χ3v) is 4.47. The number of carbonyl (C=O) groups excluding carboxylic acids is 1. The number of amides is 1.